The van der Waals surface area contributed by atoms with Gasteiger partial charge in [-0.05, 0) is 62.7 Å². The highest BCUT2D eigenvalue weighted by atomic mass is 16.3. The van der Waals surface area contributed by atoms with Gasteiger partial charge < -0.3 is 25.8 Å². The van der Waals surface area contributed by atoms with Crippen molar-refractivity contribution in [3.63, 3.8) is 0 Å². The molecule has 2 unspecified atom stereocenters. The van der Waals surface area contributed by atoms with Crippen LogP contribution in [-0.2, 0) is 45.2 Å². The first-order valence-corrected chi connectivity index (χ1v) is 15.5. The van der Waals surface area contributed by atoms with Crippen molar-refractivity contribution in [1.82, 2.24) is 25.0 Å². The van der Waals surface area contributed by atoms with Crippen LogP contribution in [-0.4, -0.2) is 104 Å². The number of hydrogen-bond donors (Lipinski definition) is 5. The number of amides is 1. The largest absolute Gasteiger partial charge is 0.507 e. The molecule has 3 aromatic rings. The smallest absolute Gasteiger partial charge is 0.235 e. The fraction of sp³-hybridized carbons (Fsp3) is 0.455. The number of Topliss-reactive ketones (excluding diaryl/α,β-unsaturated/α-hetero) is 4. The minimum absolute atomic E-state index is 0.00656. The average Bonchev–Trinajstić information content (AvgIpc) is 3.70. The Morgan fingerprint density at radius 1 is 1.06 bits per heavy atom. The monoisotopic (exact) mass is 645 g/mol. The van der Waals surface area contributed by atoms with Gasteiger partial charge in [-0.3, -0.25) is 38.9 Å². The second kappa shape index (κ2) is 11.9. The summed E-state index contributed by atoms with van der Waals surface area (Å²) in [5.74, 6) is -10.7. The number of aromatic amines is 2. The van der Waals surface area contributed by atoms with Crippen LogP contribution in [0.2, 0.25) is 0 Å². The Kier molecular flexibility index (Phi) is 8.14. The molecule has 6 atom stereocenters. The van der Waals surface area contributed by atoms with E-state index in [9.17, 15) is 34.2 Å². The SMILES string of the molecule is CN(C)c1cc(CN(Cc2ccc[nH]2)Cc2ccn[nH]2)c(O)c2c1C[C@H]1C[C@H]3[C@H](N(C)C)C(=O)C(C(N)=O)C(=O)[C@@]3(O)C(=O)C1C2=O. The molecule has 2 heterocycles. The molecule has 6 N–H and O–H groups in total. The number of benzene rings is 1. The Morgan fingerprint density at radius 2 is 1.79 bits per heavy atom. The predicted octanol–water partition coefficient (Wildman–Crippen LogP) is 0.187. The molecule has 6 rings (SSSR count). The molecular formula is C33H39N7O7. The van der Waals surface area contributed by atoms with Crippen LogP contribution in [0.5, 0.6) is 5.75 Å². The van der Waals surface area contributed by atoms with Gasteiger partial charge in [0.15, 0.2) is 34.7 Å². The van der Waals surface area contributed by atoms with Crippen molar-refractivity contribution in [2.45, 2.75) is 44.1 Å². The highest BCUT2D eigenvalue weighted by molar-refractivity contribution is 6.32. The van der Waals surface area contributed by atoms with Gasteiger partial charge in [0.05, 0.1) is 17.5 Å². The number of nitrogens with zero attached hydrogens (tertiary/aromatic N) is 4. The number of phenols is 1. The molecule has 0 saturated heterocycles. The average molecular weight is 646 g/mol. The molecule has 14 nitrogen and oxygen atoms in total. The van der Waals surface area contributed by atoms with Crippen LogP contribution in [0.25, 0.3) is 0 Å². The molecule has 2 fully saturated rings. The fourth-order valence-electron chi connectivity index (χ4n) is 7.95. The number of likely N-dealkylation sites (N-methyl/N-ethyl adjacent to an activating group) is 1. The molecule has 14 heteroatoms. The lowest BCUT2D eigenvalue weighted by Crippen LogP contribution is -2.74. The Balaban J connectivity index is 1.42. The van der Waals surface area contributed by atoms with Gasteiger partial charge in [-0.2, -0.15) is 5.10 Å². The van der Waals surface area contributed by atoms with E-state index < -0.39 is 64.4 Å². The number of H-pyrrole nitrogens is 2. The summed E-state index contributed by atoms with van der Waals surface area (Å²) in [4.78, 5) is 76.4. The number of nitrogens with two attached hydrogens (primary N) is 1. The number of carbonyl (C=O) groups is 5. The normalized spacial score (nSPS) is 27.2. The van der Waals surface area contributed by atoms with Gasteiger partial charge >= 0.3 is 0 Å². The van der Waals surface area contributed by atoms with E-state index in [0.29, 0.717) is 29.9 Å². The van der Waals surface area contributed by atoms with E-state index in [2.05, 4.69) is 20.1 Å². The third-order valence-corrected chi connectivity index (χ3v) is 10.0. The van der Waals surface area contributed by atoms with E-state index in [0.717, 1.165) is 11.4 Å². The zero-order chi connectivity index (χ0) is 33.9. The number of primary amides is 1. The molecule has 1 amide bonds. The van der Waals surface area contributed by atoms with Crippen molar-refractivity contribution >= 4 is 34.7 Å². The number of nitrogens with one attached hydrogen (secondary N) is 2. The number of aromatic nitrogens is 3. The van der Waals surface area contributed by atoms with Crippen LogP contribution >= 0.6 is 0 Å². The van der Waals surface area contributed by atoms with Gasteiger partial charge in [0, 0.05) is 74.7 Å². The van der Waals surface area contributed by atoms with Gasteiger partial charge in [-0.25, -0.2) is 0 Å². The Morgan fingerprint density at radius 3 is 2.38 bits per heavy atom. The van der Waals surface area contributed by atoms with Crippen molar-refractivity contribution in [2.75, 3.05) is 33.1 Å². The summed E-state index contributed by atoms with van der Waals surface area (Å²) in [6, 6.07) is 6.36. The van der Waals surface area contributed by atoms with E-state index >= 15 is 0 Å². The molecular weight excluding hydrogens is 606 g/mol. The molecule has 1 aromatic carbocycles. The Labute approximate surface area is 270 Å². The standard InChI is InChI=1S/C33H39N7O7/c1-38(2)22-12-17(13-40(14-18-6-5-8-35-18)15-19-7-9-36-37-19)27(41)24-20(22)10-16-11-21-26(39(3)4)29(43)25(32(34)46)31(45)33(21,47)30(44)23(16)28(24)42/h5-9,12,16,21,23,25-26,35,41,47H,10-11,13-15H2,1-4H3,(H2,34,46)(H,36,37)/t16-,21-,23?,25?,26-,33-/m0/s1. The van der Waals surface area contributed by atoms with Crippen LogP contribution in [0.15, 0.2) is 36.7 Å². The molecule has 0 radical (unpaired) electrons. The van der Waals surface area contributed by atoms with E-state index in [-0.39, 0.29) is 30.7 Å². The summed E-state index contributed by atoms with van der Waals surface area (Å²) < 4.78 is 0. The van der Waals surface area contributed by atoms with Crippen LogP contribution in [0.1, 0.15) is 39.3 Å². The first-order valence-electron chi connectivity index (χ1n) is 15.5. The molecule has 47 heavy (non-hydrogen) atoms. The number of aromatic hydroxyl groups is 1. The maximum Gasteiger partial charge on any atom is 0.235 e. The van der Waals surface area contributed by atoms with Gasteiger partial charge in [-0.15, -0.1) is 0 Å². The first kappa shape index (κ1) is 32.3. The third-order valence-electron chi connectivity index (χ3n) is 10.0. The minimum Gasteiger partial charge on any atom is -0.507 e. The molecule has 2 aromatic heterocycles. The molecule has 0 spiro atoms. The number of hydrogen-bond acceptors (Lipinski definition) is 11. The number of carbonyl (C=O) groups excluding carboxylic acids is 5. The van der Waals surface area contributed by atoms with E-state index in [1.165, 1.54) is 4.90 Å². The lowest BCUT2D eigenvalue weighted by Gasteiger charge is -2.52. The molecule has 248 valence electrons. The molecule has 3 aliphatic rings. The lowest BCUT2D eigenvalue weighted by molar-refractivity contribution is -0.181. The fourth-order valence-corrected chi connectivity index (χ4v) is 7.95. The maximum absolute atomic E-state index is 14.4. The van der Waals surface area contributed by atoms with Crippen molar-refractivity contribution in [3.05, 3.63) is 64.7 Å². The number of phenolic OH excluding ortho intramolecular Hbond substituents is 1. The lowest BCUT2D eigenvalue weighted by atomic mass is 9.52. The number of rotatable bonds is 9. The Bertz CT molecular complexity index is 1710. The van der Waals surface area contributed by atoms with Gasteiger partial charge in [0.25, 0.3) is 0 Å². The number of ketones is 4. The Hall–Kier alpha value is -4.66. The van der Waals surface area contributed by atoms with E-state index in [1.54, 1.807) is 20.3 Å². The second-order valence-electron chi connectivity index (χ2n) is 13.4. The summed E-state index contributed by atoms with van der Waals surface area (Å²) in [6.45, 7) is 1.17. The van der Waals surface area contributed by atoms with Crippen LogP contribution < -0.4 is 10.6 Å². The van der Waals surface area contributed by atoms with Crippen molar-refractivity contribution in [3.8, 4) is 5.75 Å². The van der Waals surface area contributed by atoms with Crippen molar-refractivity contribution in [2.24, 2.45) is 29.4 Å². The highest BCUT2D eigenvalue weighted by Crippen LogP contribution is 2.52. The zero-order valence-corrected chi connectivity index (χ0v) is 26.7. The number of anilines is 1. The molecule has 2 saturated carbocycles. The third kappa shape index (κ3) is 5.16. The predicted molar refractivity (Wildman–Crippen MR) is 168 cm³/mol. The van der Waals surface area contributed by atoms with Crippen LogP contribution in [0, 0.1) is 23.7 Å². The van der Waals surface area contributed by atoms with E-state index in [4.69, 9.17) is 5.73 Å². The maximum atomic E-state index is 14.4. The number of fused-ring (bicyclic) bond motifs is 3. The number of aliphatic hydroxyl groups is 1. The zero-order valence-electron chi connectivity index (χ0n) is 26.7. The quantitative estimate of drug-likeness (QED) is 0.199. The second-order valence-corrected chi connectivity index (χ2v) is 13.4. The van der Waals surface area contributed by atoms with Crippen molar-refractivity contribution < 1.29 is 34.2 Å². The summed E-state index contributed by atoms with van der Waals surface area (Å²) in [5.41, 5.74) is 6.09. The van der Waals surface area contributed by atoms with Gasteiger partial charge in [0.2, 0.25) is 5.91 Å². The van der Waals surface area contributed by atoms with Gasteiger partial charge in [-0.1, -0.05) is 0 Å². The van der Waals surface area contributed by atoms with Crippen LogP contribution in [0.3, 0.4) is 0 Å². The minimum atomic E-state index is -2.77. The van der Waals surface area contributed by atoms with Crippen LogP contribution in [0.4, 0.5) is 5.69 Å². The van der Waals surface area contributed by atoms with Gasteiger partial charge in [0.1, 0.15) is 5.75 Å². The molecule has 0 aliphatic heterocycles. The highest BCUT2D eigenvalue weighted by Gasteiger charge is 2.69. The molecule has 0 bridgehead atoms. The summed E-state index contributed by atoms with van der Waals surface area (Å²) >= 11 is 0. The summed E-state index contributed by atoms with van der Waals surface area (Å²) in [7, 11) is 6.76. The molecule has 3 aliphatic carbocycles. The summed E-state index contributed by atoms with van der Waals surface area (Å²) in [5, 5.41) is 30.6. The van der Waals surface area contributed by atoms with Crippen molar-refractivity contribution in [1.29, 1.82) is 0 Å². The van der Waals surface area contributed by atoms with E-state index in [1.807, 2.05) is 49.5 Å². The summed E-state index contributed by atoms with van der Waals surface area (Å²) in [6.07, 6.45) is 3.65. The topological polar surface area (TPSA) is 206 Å². The first-order chi connectivity index (χ1) is 22.2.